The van der Waals surface area contributed by atoms with Gasteiger partial charge in [-0.2, -0.15) is 0 Å². The predicted molar refractivity (Wildman–Crippen MR) is 61.1 cm³/mol. The second-order valence-corrected chi connectivity index (χ2v) is 3.57. The molecule has 0 saturated heterocycles. The van der Waals surface area contributed by atoms with E-state index in [1.807, 2.05) is 0 Å². The van der Waals surface area contributed by atoms with Gasteiger partial charge in [-0.3, -0.25) is 0 Å². The van der Waals surface area contributed by atoms with Gasteiger partial charge in [0.25, 0.3) is 0 Å². The summed E-state index contributed by atoms with van der Waals surface area (Å²) in [7, 11) is 0. The molecule has 0 bridgehead atoms. The number of para-hydroxylation sites is 1. The van der Waals surface area contributed by atoms with Gasteiger partial charge in [-0.25, -0.2) is 4.79 Å². The summed E-state index contributed by atoms with van der Waals surface area (Å²) < 4.78 is 10.3. The lowest BCUT2D eigenvalue weighted by Crippen LogP contribution is -2.21. The van der Waals surface area contributed by atoms with Crippen molar-refractivity contribution in [2.24, 2.45) is 0 Å². The van der Waals surface area contributed by atoms with Crippen LogP contribution in [0.4, 0.5) is 0 Å². The van der Waals surface area contributed by atoms with Crippen molar-refractivity contribution < 1.29 is 19.4 Å². The van der Waals surface area contributed by atoms with E-state index in [2.05, 4.69) is 0 Å². The summed E-state index contributed by atoms with van der Waals surface area (Å²) in [6, 6.07) is 8.16. The smallest absolute Gasteiger partial charge is 0.339 e. The molecule has 2 rings (SSSR count). The topological polar surface area (TPSA) is 79.9 Å². The SMILES string of the molecule is O=c1cc(OCC(O)CO)c2ccccc2o1. The molecular weight excluding hydrogens is 224 g/mol. The van der Waals surface area contributed by atoms with Crippen molar-refractivity contribution in [3.05, 3.63) is 40.8 Å². The Bertz CT molecular complexity index is 560. The molecule has 1 atom stereocenters. The fourth-order valence-corrected chi connectivity index (χ4v) is 1.44. The van der Waals surface area contributed by atoms with Crippen molar-refractivity contribution in [2.45, 2.75) is 6.10 Å². The molecule has 5 heteroatoms. The molecule has 0 aliphatic carbocycles. The molecule has 1 aromatic heterocycles. The summed E-state index contributed by atoms with van der Waals surface area (Å²) in [4.78, 5) is 11.3. The number of aliphatic hydroxyl groups excluding tert-OH is 2. The lowest BCUT2D eigenvalue weighted by atomic mass is 10.2. The summed E-state index contributed by atoms with van der Waals surface area (Å²) >= 11 is 0. The van der Waals surface area contributed by atoms with Crippen LogP contribution in [0.5, 0.6) is 5.75 Å². The predicted octanol–water partition coefficient (Wildman–Crippen LogP) is 0.525. The van der Waals surface area contributed by atoms with E-state index in [0.29, 0.717) is 16.7 Å². The van der Waals surface area contributed by atoms with Crippen LogP contribution in [0, 0.1) is 0 Å². The fourth-order valence-electron chi connectivity index (χ4n) is 1.44. The van der Waals surface area contributed by atoms with Crippen LogP contribution in [-0.2, 0) is 0 Å². The van der Waals surface area contributed by atoms with E-state index in [9.17, 15) is 9.90 Å². The van der Waals surface area contributed by atoms with Crippen molar-refractivity contribution in [3.63, 3.8) is 0 Å². The Morgan fingerprint density at radius 3 is 2.88 bits per heavy atom. The summed E-state index contributed by atoms with van der Waals surface area (Å²) in [6.07, 6.45) is -0.971. The van der Waals surface area contributed by atoms with Gasteiger partial charge in [0.2, 0.25) is 0 Å². The summed E-state index contributed by atoms with van der Waals surface area (Å²) in [5.74, 6) is 0.337. The maximum absolute atomic E-state index is 11.3. The Balaban J connectivity index is 2.35. The molecule has 0 fully saturated rings. The third-order valence-electron chi connectivity index (χ3n) is 2.25. The highest BCUT2D eigenvalue weighted by atomic mass is 16.5. The Morgan fingerprint density at radius 1 is 1.35 bits per heavy atom. The molecule has 2 N–H and O–H groups in total. The minimum absolute atomic E-state index is 0.0794. The van der Waals surface area contributed by atoms with Crippen LogP contribution in [0.25, 0.3) is 11.0 Å². The number of ether oxygens (including phenoxy) is 1. The van der Waals surface area contributed by atoms with Crippen molar-refractivity contribution in [3.8, 4) is 5.75 Å². The Labute approximate surface area is 96.9 Å². The highest BCUT2D eigenvalue weighted by molar-refractivity contribution is 5.82. The monoisotopic (exact) mass is 236 g/mol. The second-order valence-electron chi connectivity index (χ2n) is 3.57. The van der Waals surface area contributed by atoms with Crippen molar-refractivity contribution in [1.82, 2.24) is 0 Å². The summed E-state index contributed by atoms with van der Waals surface area (Å²) in [5, 5.41) is 18.5. The van der Waals surface area contributed by atoms with Crippen LogP contribution >= 0.6 is 0 Å². The Hall–Kier alpha value is -1.85. The zero-order chi connectivity index (χ0) is 12.3. The largest absolute Gasteiger partial charge is 0.490 e. The molecule has 17 heavy (non-hydrogen) atoms. The van der Waals surface area contributed by atoms with Gasteiger partial charge in [-0.05, 0) is 12.1 Å². The van der Waals surface area contributed by atoms with Crippen LogP contribution in [-0.4, -0.2) is 29.5 Å². The quantitative estimate of drug-likeness (QED) is 0.757. The molecule has 0 aliphatic rings. The first-order valence-corrected chi connectivity index (χ1v) is 5.15. The maximum Gasteiger partial charge on any atom is 0.339 e. The molecule has 5 nitrogen and oxygen atoms in total. The van der Waals surface area contributed by atoms with Gasteiger partial charge in [0.1, 0.15) is 24.0 Å². The van der Waals surface area contributed by atoms with Crippen LogP contribution in [0.15, 0.2) is 39.5 Å². The van der Waals surface area contributed by atoms with E-state index in [1.165, 1.54) is 6.07 Å². The lowest BCUT2D eigenvalue weighted by molar-refractivity contribution is 0.0539. The van der Waals surface area contributed by atoms with Crippen LogP contribution in [0.1, 0.15) is 0 Å². The van der Waals surface area contributed by atoms with Crippen molar-refractivity contribution >= 4 is 11.0 Å². The van der Waals surface area contributed by atoms with Gasteiger partial charge in [0.15, 0.2) is 0 Å². The van der Waals surface area contributed by atoms with E-state index < -0.39 is 11.7 Å². The van der Waals surface area contributed by atoms with E-state index in [-0.39, 0.29) is 13.2 Å². The van der Waals surface area contributed by atoms with Crippen molar-refractivity contribution in [1.29, 1.82) is 0 Å². The first-order chi connectivity index (χ1) is 8.20. The van der Waals surface area contributed by atoms with Crippen molar-refractivity contribution in [2.75, 3.05) is 13.2 Å². The zero-order valence-corrected chi connectivity index (χ0v) is 9.00. The molecule has 90 valence electrons. The zero-order valence-electron chi connectivity index (χ0n) is 9.00. The lowest BCUT2D eigenvalue weighted by Gasteiger charge is -2.10. The van der Waals surface area contributed by atoms with E-state index in [1.54, 1.807) is 24.3 Å². The number of rotatable bonds is 4. The molecule has 1 heterocycles. The molecule has 0 amide bonds. The van der Waals surface area contributed by atoms with E-state index in [0.717, 1.165) is 0 Å². The molecule has 1 aromatic carbocycles. The van der Waals surface area contributed by atoms with Gasteiger partial charge in [0.05, 0.1) is 18.1 Å². The van der Waals surface area contributed by atoms with E-state index >= 15 is 0 Å². The van der Waals surface area contributed by atoms with Crippen LogP contribution in [0.3, 0.4) is 0 Å². The van der Waals surface area contributed by atoms with E-state index in [4.69, 9.17) is 14.3 Å². The van der Waals surface area contributed by atoms with Gasteiger partial charge < -0.3 is 19.4 Å². The number of aliphatic hydroxyl groups is 2. The van der Waals surface area contributed by atoms with Gasteiger partial charge in [0, 0.05) is 0 Å². The van der Waals surface area contributed by atoms with Crippen LogP contribution < -0.4 is 10.4 Å². The first-order valence-electron chi connectivity index (χ1n) is 5.15. The normalized spacial score (nSPS) is 12.6. The number of fused-ring (bicyclic) bond motifs is 1. The Morgan fingerprint density at radius 2 is 2.12 bits per heavy atom. The molecular formula is C12H12O5. The first kappa shape index (κ1) is 11.6. The highest BCUT2D eigenvalue weighted by Crippen LogP contribution is 2.23. The molecule has 2 aromatic rings. The van der Waals surface area contributed by atoms with Crippen LogP contribution in [0.2, 0.25) is 0 Å². The van der Waals surface area contributed by atoms with Gasteiger partial charge in [-0.15, -0.1) is 0 Å². The molecule has 0 radical (unpaired) electrons. The highest BCUT2D eigenvalue weighted by Gasteiger charge is 2.08. The average molecular weight is 236 g/mol. The second kappa shape index (κ2) is 4.99. The molecule has 1 unspecified atom stereocenters. The average Bonchev–Trinajstić information content (AvgIpc) is 2.35. The summed E-state index contributed by atoms with van der Waals surface area (Å²) in [5.41, 5.74) is -0.0920. The minimum atomic E-state index is -0.971. The third kappa shape index (κ3) is 2.64. The standard InChI is InChI=1S/C12H12O5/c13-6-8(14)7-16-11-5-12(15)17-10-4-2-1-3-9(10)11/h1-5,8,13-14H,6-7H2. The molecule has 0 spiro atoms. The molecule has 0 aliphatic heterocycles. The Kier molecular flexibility index (Phi) is 3.41. The third-order valence-corrected chi connectivity index (χ3v) is 2.25. The minimum Gasteiger partial charge on any atom is -0.490 e. The fraction of sp³-hybridized carbons (Fsp3) is 0.250. The number of hydrogen-bond acceptors (Lipinski definition) is 5. The maximum atomic E-state index is 11.3. The summed E-state index contributed by atoms with van der Waals surface area (Å²) in [6.45, 7) is -0.469. The number of hydrogen-bond donors (Lipinski definition) is 2. The molecule has 0 saturated carbocycles. The number of benzene rings is 1. The van der Waals surface area contributed by atoms with Gasteiger partial charge in [-0.1, -0.05) is 12.1 Å². The van der Waals surface area contributed by atoms with Gasteiger partial charge >= 0.3 is 5.63 Å².